The van der Waals surface area contributed by atoms with Crippen LogP contribution in [-0.4, -0.2) is 21.5 Å². The predicted octanol–water partition coefficient (Wildman–Crippen LogP) is 8.51. The van der Waals surface area contributed by atoms with Crippen molar-refractivity contribution < 1.29 is 35.1 Å². The molecule has 0 spiro atoms. The molecule has 140 valence electrons. The Morgan fingerprint density at radius 2 is 0.542 bits per heavy atom. The van der Waals surface area contributed by atoms with E-state index in [1.165, 1.54) is 0 Å². The lowest BCUT2D eigenvalue weighted by Crippen LogP contribution is -2.21. The Hall–Kier alpha value is 1.48. The van der Waals surface area contributed by atoms with Crippen LogP contribution >= 0.6 is 89.6 Å². The Morgan fingerprint density at radius 3 is 0.625 bits per heavy atom. The molecule has 1 aliphatic heterocycles. The summed E-state index contributed by atoms with van der Waals surface area (Å²) in [5.74, 6) is 0. The van der Waals surface area contributed by atoms with Gasteiger partial charge in [-0.25, -0.2) is 0 Å². The standard InChI is InChI=1S/C8Cl4F8S4/c9-5(13,14)1-2(6(10,15)16)22-24-4(8(12,19)20)3(23-21-1)7(11,17)18. The lowest BCUT2D eigenvalue weighted by atomic mass is 10.5. The first-order valence-corrected chi connectivity index (χ1v) is 10.7. The Kier molecular flexibility index (Phi) is 7.69. The summed E-state index contributed by atoms with van der Waals surface area (Å²) in [6, 6.07) is 0. The van der Waals surface area contributed by atoms with Crippen LogP contribution in [0.4, 0.5) is 35.1 Å². The maximum absolute atomic E-state index is 13.3. The van der Waals surface area contributed by atoms with Crippen LogP contribution in [0, 0.1) is 0 Å². The van der Waals surface area contributed by atoms with Crippen molar-refractivity contribution in [3.8, 4) is 0 Å². The van der Waals surface area contributed by atoms with Crippen LogP contribution < -0.4 is 0 Å². The van der Waals surface area contributed by atoms with Gasteiger partial charge < -0.3 is 0 Å². The van der Waals surface area contributed by atoms with Crippen LogP contribution in [-0.2, 0) is 0 Å². The zero-order valence-corrected chi connectivity index (χ0v) is 16.5. The zero-order chi connectivity index (χ0) is 19.1. The molecule has 0 aliphatic carbocycles. The largest absolute Gasteiger partial charge is 0.355 e. The number of halogens is 12. The zero-order valence-electron chi connectivity index (χ0n) is 10.2. The number of alkyl halides is 12. The van der Waals surface area contributed by atoms with Gasteiger partial charge in [0.05, 0.1) is 19.6 Å². The minimum absolute atomic E-state index is 0.404. The van der Waals surface area contributed by atoms with Crippen LogP contribution in [0.5, 0.6) is 0 Å². The third-order valence-electron chi connectivity index (χ3n) is 1.86. The molecular weight excluding hydrogens is 518 g/mol. The summed E-state index contributed by atoms with van der Waals surface area (Å²) < 4.78 is 106. The fourth-order valence-electron chi connectivity index (χ4n) is 1.02. The van der Waals surface area contributed by atoms with Crippen molar-refractivity contribution in [2.24, 2.45) is 0 Å². The van der Waals surface area contributed by atoms with E-state index >= 15 is 0 Å². The number of allylic oxidation sites excluding steroid dienone is 4. The van der Waals surface area contributed by atoms with Crippen LogP contribution in [0.2, 0.25) is 0 Å². The highest BCUT2D eigenvalue weighted by Crippen LogP contribution is 2.63. The molecule has 0 radical (unpaired) electrons. The maximum atomic E-state index is 13.3. The van der Waals surface area contributed by atoms with Crippen LogP contribution in [0.15, 0.2) is 19.6 Å². The summed E-state index contributed by atoms with van der Waals surface area (Å²) in [5.41, 5.74) is 0. The molecule has 0 saturated heterocycles. The molecule has 0 saturated carbocycles. The van der Waals surface area contributed by atoms with Crippen molar-refractivity contribution in [1.82, 2.24) is 0 Å². The minimum atomic E-state index is -4.42. The second kappa shape index (κ2) is 7.84. The van der Waals surface area contributed by atoms with Gasteiger partial charge in [-0.15, -0.1) is 0 Å². The molecular formula is C8Cl4F8S4. The van der Waals surface area contributed by atoms with E-state index in [1.54, 1.807) is 0 Å². The van der Waals surface area contributed by atoms with Gasteiger partial charge in [0.25, 0.3) is 0 Å². The molecule has 0 fully saturated rings. The van der Waals surface area contributed by atoms with Crippen molar-refractivity contribution in [2.75, 3.05) is 0 Å². The van der Waals surface area contributed by atoms with Crippen molar-refractivity contribution >= 4 is 89.6 Å². The van der Waals surface area contributed by atoms with Gasteiger partial charge in [0.15, 0.2) is 0 Å². The molecule has 0 nitrogen and oxygen atoms in total. The Bertz CT molecular complexity index is 458. The second-order valence-electron chi connectivity index (χ2n) is 3.64. The summed E-state index contributed by atoms with van der Waals surface area (Å²) in [6.07, 6.45) is 0. The third kappa shape index (κ3) is 6.28. The number of hydrogen-bond donors (Lipinski definition) is 0. The van der Waals surface area contributed by atoms with Crippen LogP contribution in [0.1, 0.15) is 0 Å². The quantitative estimate of drug-likeness (QED) is 0.208. The molecule has 0 unspecified atom stereocenters. The smallest absolute Gasteiger partial charge is 0.183 e. The van der Waals surface area contributed by atoms with Gasteiger partial charge in [0.2, 0.25) is 0 Å². The van der Waals surface area contributed by atoms with E-state index in [0.29, 0.717) is 0 Å². The van der Waals surface area contributed by atoms with Crippen LogP contribution in [0.25, 0.3) is 0 Å². The van der Waals surface area contributed by atoms with E-state index in [1.807, 2.05) is 0 Å². The molecule has 0 N–H and O–H groups in total. The van der Waals surface area contributed by atoms with E-state index in [0.717, 1.165) is 0 Å². The molecule has 0 aromatic heterocycles. The first kappa shape index (κ1) is 23.5. The van der Waals surface area contributed by atoms with E-state index in [2.05, 4.69) is 46.4 Å². The predicted molar refractivity (Wildman–Crippen MR) is 87.6 cm³/mol. The van der Waals surface area contributed by atoms with Gasteiger partial charge in [-0.1, -0.05) is 0 Å². The number of hydrogen-bond acceptors (Lipinski definition) is 4. The van der Waals surface area contributed by atoms with Gasteiger partial charge in [0, 0.05) is 0 Å². The normalized spacial score (nSPS) is 19.5. The SMILES string of the molecule is FC(F)(Cl)C1=C(C(F)(F)Cl)SSC(C(F)(F)Cl)=C(C(F)(F)Cl)SS1. The topological polar surface area (TPSA) is 0 Å². The average molecular weight is 518 g/mol. The molecule has 1 heterocycles. The Balaban J connectivity index is 3.48. The van der Waals surface area contributed by atoms with Gasteiger partial charge >= 0.3 is 21.5 Å². The van der Waals surface area contributed by atoms with Crippen molar-refractivity contribution in [3.63, 3.8) is 0 Å². The first-order chi connectivity index (χ1) is 10.5. The Labute approximate surface area is 165 Å². The van der Waals surface area contributed by atoms with Gasteiger partial charge in [0.1, 0.15) is 0 Å². The molecule has 24 heavy (non-hydrogen) atoms. The van der Waals surface area contributed by atoms with Crippen molar-refractivity contribution in [3.05, 3.63) is 19.6 Å². The molecule has 1 aliphatic rings. The van der Waals surface area contributed by atoms with Gasteiger partial charge in [-0.2, -0.15) is 35.1 Å². The van der Waals surface area contributed by atoms with Gasteiger partial charge in [-0.05, 0) is 89.6 Å². The van der Waals surface area contributed by atoms with Crippen LogP contribution in [0.3, 0.4) is 0 Å². The van der Waals surface area contributed by atoms with E-state index in [-0.39, 0.29) is 0 Å². The Morgan fingerprint density at radius 1 is 0.417 bits per heavy atom. The van der Waals surface area contributed by atoms with E-state index in [4.69, 9.17) is 0 Å². The summed E-state index contributed by atoms with van der Waals surface area (Å²) in [6.45, 7) is 0. The molecule has 0 amide bonds. The summed E-state index contributed by atoms with van der Waals surface area (Å²) in [5, 5.41) is -17.7. The van der Waals surface area contributed by atoms with Gasteiger partial charge in [-0.3, -0.25) is 0 Å². The lowest BCUT2D eigenvalue weighted by molar-refractivity contribution is 0.126. The second-order valence-corrected chi connectivity index (χ2v) is 9.84. The first-order valence-electron chi connectivity index (χ1n) is 4.92. The highest BCUT2D eigenvalue weighted by Gasteiger charge is 2.50. The molecule has 16 heteroatoms. The molecule has 0 aromatic rings. The maximum Gasteiger partial charge on any atom is 0.355 e. The number of rotatable bonds is 4. The van der Waals surface area contributed by atoms with Crippen molar-refractivity contribution in [2.45, 2.75) is 21.5 Å². The lowest BCUT2D eigenvalue weighted by Gasteiger charge is -2.26. The fourth-order valence-corrected chi connectivity index (χ4v) is 8.55. The third-order valence-corrected chi connectivity index (χ3v) is 8.50. The minimum Gasteiger partial charge on any atom is -0.183 e. The monoisotopic (exact) mass is 516 g/mol. The summed E-state index contributed by atoms with van der Waals surface area (Å²) in [4.78, 5) is -6.38. The molecule has 0 atom stereocenters. The molecule has 0 bridgehead atoms. The van der Waals surface area contributed by atoms with Crippen molar-refractivity contribution in [1.29, 1.82) is 0 Å². The molecule has 1 rings (SSSR count). The highest BCUT2D eigenvalue weighted by atomic mass is 35.5. The fraction of sp³-hybridized carbons (Fsp3) is 0.500. The van der Waals surface area contributed by atoms with E-state index in [9.17, 15) is 35.1 Å². The molecule has 0 aromatic carbocycles. The summed E-state index contributed by atoms with van der Waals surface area (Å²) >= 11 is 18.7. The van der Waals surface area contributed by atoms with E-state index < -0.39 is 84.3 Å². The highest BCUT2D eigenvalue weighted by molar-refractivity contribution is 8.82. The summed E-state index contributed by atoms with van der Waals surface area (Å²) in [7, 11) is -1.62. The average Bonchev–Trinajstić information content (AvgIpc) is 2.20.